The molecule has 0 amide bonds. The fourth-order valence-electron chi connectivity index (χ4n) is 2.21. The number of aromatic nitrogens is 2. The van der Waals surface area contributed by atoms with Gasteiger partial charge in [0.25, 0.3) is 0 Å². The van der Waals surface area contributed by atoms with E-state index in [0.29, 0.717) is 6.04 Å². The van der Waals surface area contributed by atoms with Crippen molar-refractivity contribution in [1.29, 1.82) is 0 Å². The molecule has 1 aliphatic rings. The molecule has 1 aromatic rings. The molecule has 0 aliphatic carbocycles. The van der Waals surface area contributed by atoms with Crippen LogP contribution in [0, 0.1) is 0 Å². The third-order valence-electron chi connectivity index (χ3n) is 2.92. The van der Waals surface area contributed by atoms with Gasteiger partial charge in [-0.2, -0.15) is 5.10 Å². The fraction of sp³-hybridized carbons (Fsp3) is 0.727. The van der Waals surface area contributed by atoms with Crippen LogP contribution in [0.4, 0.5) is 0 Å². The van der Waals surface area contributed by atoms with Crippen molar-refractivity contribution in [2.24, 2.45) is 7.05 Å². The number of nitrogens with one attached hydrogen (secondary N) is 1. The van der Waals surface area contributed by atoms with Gasteiger partial charge in [-0.15, -0.1) is 0 Å². The highest BCUT2D eigenvalue weighted by atomic mass is 15.3. The summed E-state index contributed by atoms with van der Waals surface area (Å²) in [5, 5.41) is 7.90. The van der Waals surface area contributed by atoms with Gasteiger partial charge >= 0.3 is 0 Å². The Morgan fingerprint density at radius 2 is 2.47 bits per heavy atom. The minimum atomic E-state index is 0.679. The number of nitrogens with zero attached hydrogens (tertiary/aromatic N) is 3. The molecule has 1 atom stereocenters. The number of aryl methyl sites for hydroxylation is 1. The molecule has 1 fully saturated rings. The summed E-state index contributed by atoms with van der Waals surface area (Å²) < 4.78 is 1.87. The van der Waals surface area contributed by atoms with E-state index in [4.69, 9.17) is 0 Å². The molecular weight excluding hydrogens is 188 g/mol. The molecule has 15 heavy (non-hydrogen) atoms. The summed E-state index contributed by atoms with van der Waals surface area (Å²) in [5.74, 6) is 0. The minimum Gasteiger partial charge on any atom is -0.313 e. The Labute approximate surface area is 91.3 Å². The van der Waals surface area contributed by atoms with Gasteiger partial charge in [-0.05, 0) is 19.0 Å². The van der Waals surface area contributed by atoms with E-state index >= 15 is 0 Å². The largest absolute Gasteiger partial charge is 0.313 e. The van der Waals surface area contributed by atoms with E-state index in [-0.39, 0.29) is 0 Å². The number of likely N-dealkylation sites (N-methyl/N-ethyl adjacent to an activating group) is 1. The van der Waals surface area contributed by atoms with Gasteiger partial charge in [0, 0.05) is 38.9 Å². The van der Waals surface area contributed by atoms with Crippen LogP contribution in [0.1, 0.15) is 19.0 Å². The van der Waals surface area contributed by atoms with E-state index in [9.17, 15) is 0 Å². The first-order chi connectivity index (χ1) is 7.28. The Morgan fingerprint density at radius 1 is 1.60 bits per heavy atom. The molecule has 0 radical (unpaired) electrons. The lowest BCUT2D eigenvalue weighted by Crippen LogP contribution is -2.32. The topological polar surface area (TPSA) is 33.1 Å². The summed E-state index contributed by atoms with van der Waals surface area (Å²) in [4.78, 5) is 2.47. The first-order valence-electron chi connectivity index (χ1n) is 5.72. The molecule has 1 N–H and O–H groups in total. The van der Waals surface area contributed by atoms with Crippen molar-refractivity contribution in [3.63, 3.8) is 0 Å². The maximum Gasteiger partial charge on any atom is 0.0764 e. The van der Waals surface area contributed by atoms with Crippen LogP contribution in [0.25, 0.3) is 0 Å². The minimum absolute atomic E-state index is 0.679. The normalized spacial score (nSPS) is 22.4. The first kappa shape index (κ1) is 10.6. The smallest absolute Gasteiger partial charge is 0.0764 e. The summed E-state index contributed by atoms with van der Waals surface area (Å²) in [5.41, 5.74) is 1.18. The number of hydrogen-bond donors (Lipinski definition) is 1. The molecule has 0 saturated carbocycles. The zero-order valence-electron chi connectivity index (χ0n) is 9.61. The van der Waals surface area contributed by atoms with E-state index in [1.54, 1.807) is 0 Å². The Morgan fingerprint density at radius 3 is 3.13 bits per heavy atom. The second kappa shape index (κ2) is 4.77. The molecule has 4 nitrogen and oxygen atoms in total. The molecule has 0 aromatic carbocycles. The predicted octanol–water partition coefficient (Wildman–Crippen LogP) is 0.604. The highest BCUT2D eigenvalue weighted by Gasteiger charge is 2.21. The van der Waals surface area contributed by atoms with Crippen LogP contribution in [-0.4, -0.2) is 40.4 Å². The van der Waals surface area contributed by atoms with Crippen molar-refractivity contribution < 1.29 is 0 Å². The third kappa shape index (κ3) is 2.79. The lowest BCUT2D eigenvalue weighted by Gasteiger charge is -2.14. The highest BCUT2D eigenvalue weighted by Crippen LogP contribution is 2.12. The summed E-state index contributed by atoms with van der Waals surface area (Å²) in [7, 11) is 1.97. The standard InChI is InChI=1S/C11H20N4/c1-3-12-10-5-7-15(8-10)9-11-4-6-14(2)13-11/h4,6,10,12H,3,5,7-9H2,1-2H3. The SMILES string of the molecule is CCNC1CCN(Cc2ccn(C)n2)C1. The van der Waals surface area contributed by atoms with E-state index in [1.807, 2.05) is 17.9 Å². The zero-order chi connectivity index (χ0) is 10.7. The van der Waals surface area contributed by atoms with Crippen molar-refractivity contribution in [1.82, 2.24) is 20.0 Å². The van der Waals surface area contributed by atoms with Gasteiger partial charge in [-0.1, -0.05) is 6.92 Å². The summed E-state index contributed by atoms with van der Waals surface area (Å²) in [6.45, 7) is 6.57. The molecule has 0 spiro atoms. The average molecular weight is 208 g/mol. The second-order valence-corrected chi connectivity index (χ2v) is 4.26. The lowest BCUT2D eigenvalue weighted by atomic mass is 10.3. The highest BCUT2D eigenvalue weighted by molar-refractivity contribution is 4.99. The van der Waals surface area contributed by atoms with Crippen molar-refractivity contribution in [3.8, 4) is 0 Å². The molecule has 1 unspecified atom stereocenters. The van der Waals surface area contributed by atoms with E-state index in [1.165, 1.54) is 18.7 Å². The number of rotatable bonds is 4. The van der Waals surface area contributed by atoms with Gasteiger partial charge in [0.2, 0.25) is 0 Å². The second-order valence-electron chi connectivity index (χ2n) is 4.26. The van der Waals surface area contributed by atoms with Gasteiger partial charge < -0.3 is 5.32 Å². The van der Waals surface area contributed by atoms with Crippen molar-refractivity contribution >= 4 is 0 Å². The maximum absolute atomic E-state index is 4.40. The molecule has 2 rings (SSSR count). The molecule has 1 aliphatic heterocycles. The Hall–Kier alpha value is -0.870. The van der Waals surface area contributed by atoms with Crippen LogP contribution in [0.5, 0.6) is 0 Å². The lowest BCUT2D eigenvalue weighted by molar-refractivity contribution is 0.316. The number of likely N-dealkylation sites (tertiary alicyclic amines) is 1. The summed E-state index contributed by atoms with van der Waals surface area (Å²) >= 11 is 0. The van der Waals surface area contributed by atoms with Crippen molar-refractivity contribution in [2.75, 3.05) is 19.6 Å². The third-order valence-corrected chi connectivity index (χ3v) is 2.92. The van der Waals surface area contributed by atoms with E-state index in [0.717, 1.165) is 19.6 Å². The van der Waals surface area contributed by atoms with Crippen LogP contribution in [0.3, 0.4) is 0 Å². The number of hydrogen-bond acceptors (Lipinski definition) is 3. The Kier molecular flexibility index (Phi) is 3.38. The molecular formula is C11H20N4. The molecule has 0 bridgehead atoms. The van der Waals surface area contributed by atoms with Gasteiger partial charge in [0.05, 0.1) is 5.69 Å². The predicted molar refractivity (Wildman–Crippen MR) is 60.6 cm³/mol. The van der Waals surface area contributed by atoms with Crippen molar-refractivity contribution in [2.45, 2.75) is 25.9 Å². The molecule has 2 heterocycles. The van der Waals surface area contributed by atoms with Gasteiger partial charge in [0.15, 0.2) is 0 Å². The molecule has 1 aromatic heterocycles. The monoisotopic (exact) mass is 208 g/mol. The van der Waals surface area contributed by atoms with Gasteiger partial charge in [-0.25, -0.2) is 0 Å². The quantitative estimate of drug-likeness (QED) is 0.787. The Bertz CT molecular complexity index is 307. The van der Waals surface area contributed by atoms with E-state index in [2.05, 4.69) is 28.3 Å². The van der Waals surface area contributed by atoms with Crippen LogP contribution >= 0.6 is 0 Å². The fourth-order valence-corrected chi connectivity index (χ4v) is 2.21. The van der Waals surface area contributed by atoms with Crippen LogP contribution < -0.4 is 5.32 Å². The zero-order valence-corrected chi connectivity index (χ0v) is 9.61. The molecule has 84 valence electrons. The summed E-state index contributed by atoms with van der Waals surface area (Å²) in [6, 6.07) is 2.78. The Balaban J connectivity index is 1.82. The summed E-state index contributed by atoms with van der Waals surface area (Å²) in [6.07, 6.45) is 3.27. The van der Waals surface area contributed by atoms with Crippen LogP contribution in [0.2, 0.25) is 0 Å². The van der Waals surface area contributed by atoms with Gasteiger partial charge in [-0.3, -0.25) is 9.58 Å². The van der Waals surface area contributed by atoms with Crippen molar-refractivity contribution in [3.05, 3.63) is 18.0 Å². The van der Waals surface area contributed by atoms with Crippen LogP contribution in [-0.2, 0) is 13.6 Å². The molecule has 4 heteroatoms. The van der Waals surface area contributed by atoms with Crippen LogP contribution in [0.15, 0.2) is 12.3 Å². The first-order valence-corrected chi connectivity index (χ1v) is 5.72. The molecule has 1 saturated heterocycles. The average Bonchev–Trinajstić information content (AvgIpc) is 2.78. The maximum atomic E-state index is 4.40. The van der Waals surface area contributed by atoms with E-state index < -0.39 is 0 Å². The van der Waals surface area contributed by atoms with Gasteiger partial charge in [0.1, 0.15) is 0 Å².